The standard InChI is InChI=1S/C13H26N2O2S/c1-12(2)18(16,17)15-10-6-13(7-11-15)4-8-14(3)9-5-13/h12H,4-11H2,1-3H3. The Kier molecular flexibility index (Phi) is 4.04. The second-order valence-electron chi connectivity index (χ2n) is 6.30. The van der Waals surface area contributed by atoms with Crippen molar-refractivity contribution < 1.29 is 8.42 Å². The summed E-state index contributed by atoms with van der Waals surface area (Å²) in [6, 6.07) is 0. The zero-order valence-electron chi connectivity index (χ0n) is 11.9. The van der Waals surface area contributed by atoms with Crippen molar-refractivity contribution in [3.8, 4) is 0 Å². The molecule has 0 aromatic carbocycles. The van der Waals surface area contributed by atoms with E-state index >= 15 is 0 Å². The predicted molar refractivity (Wildman–Crippen MR) is 74.0 cm³/mol. The maximum absolute atomic E-state index is 12.1. The summed E-state index contributed by atoms with van der Waals surface area (Å²) in [6.45, 7) is 7.33. The molecule has 2 rings (SSSR count). The van der Waals surface area contributed by atoms with Crippen LogP contribution in [-0.4, -0.2) is 56.1 Å². The van der Waals surface area contributed by atoms with Crippen molar-refractivity contribution >= 4 is 10.0 Å². The fourth-order valence-electron chi connectivity index (χ4n) is 3.11. The van der Waals surface area contributed by atoms with Gasteiger partial charge in [0.15, 0.2) is 0 Å². The molecule has 0 saturated carbocycles. The van der Waals surface area contributed by atoms with Crippen molar-refractivity contribution in [3.63, 3.8) is 0 Å². The highest BCUT2D eigenvalue weighted by atomic mass is 32.2. The third-order valence-corrected chi connectivity index (χ3v) is 7.06. The Morgan fingerprint density at radius 3 is 1.83 bits per heavy atom. The molecule has 2 fully saturated rings. The first-order valence-electron chi connectivity index (χ1n) is 7.03. The van der Waals surface area contributed by atoms with E-state index in [-0.39, 0.29) is 5.25 Å². The molecular weight excluding hydrogens is 248 g/mol. The van der Waals surface area contributed by atoms with Crippen molar-refractivity contribution in [2.24, 2.45) is 5.41 Å². The molecule has 2 aliphatic rings. The third-order valence-electron chi connectivity index (χ3n) is 4.79. The van der Waals surface area contributed by atoms with E-state index in [4.69, 9.17) is 0 Å². The minimum atomic E-state index is -3.04. The Bertz CT molecular complexity index is 374. The van der Waals surface area contributed by atoms with Crippen molar-refractivity contribution in [2.75, 3.05) is 33.2 Å². The van der Waals surface area contributed by atoms with Gasteiger partial charge >= 0.3 is 0 Å². The van der Waals surface area contributed by atoms with Gasteiger partial charge in [0.25, 0.3) is 0 Å². The number of sulfonamides is 1. The van der Waals surface area contributed by atoms with Crippen LogP contribution in [0.4, 0.5) is 0 Å². The number of nitrogens with zero attached hydrogens (tertiary/aromatic N) is 2. The Morgan fingerprint density at radius 1 is 0.944 bits per heavy atom. The summed E-state index contributed by atoms with van der Waals surface area (Å²) in [5.74, 6) is 0. The zero-order chi connectivity index (χ0) is 13.4. The summed E-state index contributed by atoms with van der Waals surface area (Å²) in [5, 5.41) is -0.288. The van der Waals surface area contributed by atoms with E-state index < -0.39 is 10.0 Å². The molecule has 0 amide bonds. The average molecular weight is 274 g/mol. The lowest BCUT2D eigenvalue weighted by Gasteiger charge is -2.46. The molecule has 2 aliphatic heterocycles. The van der Waals surface area contributed by atoms with E-state index in [0.717, 1.165) is 39.0 Å². The SMILES string of the molecule is CC(C)S(=O)(=O)N1CCC2(CCN(C)CC2)CC1. The fraction of sp³-hybridized carbons (Fsp3) is 1.00. The molecule has 0 aromatic heterocycles. The molecule has 0 aromatic rings. The van der Waals surface area contributed by atoms with E-state index in [0.29, 0.717) is 5.41 Å². The molecule has 0 N–H and O–H groups in total. The molecule has 4 nitrogen and oxygen atoms in total. The van der Waals surface area contributed by atoms with Gasteiger partial charge in [-0.3, -0.25) is 0 Å². The highest BCUT2D eigenvalue weighted by Crippen LogP contribution is 2.41. The molecule has 18 heavy (non-hydrogen) atoms. The molecule has 106 valence electrons. The van der Waals surface area contributed by atoms with Gasteiger partial charge < -0.3 is 4.90 Å². The van der Waals surface area contributed by atoms with Gasteiger partial charge in [-0.05, 0) is 65.1 Å². The summed E-state index contributed by atoms with van der Waals surface area (Å²) < 4.78 is 26.0. The van der Waals surface area contributed by atoms with Crippen LogP contribution in [0.1, 0.15) is 39.5 Å². The van der Waals surface area contributed by atoms with Crippen LogP contribution >= 0.6 is 0 Å². The highest BCUT2D eigenvalue weighted by Gasteiger charge is 2.40. The number of hydrogen-bond donors (Lipinski definition) is 0. The predicted octanol–water partition coefficient (Wildman–Crippen LogP) is 1.53. The van der Waals surface area contributed by atoms with Crippen molar-refractivity contribution in [3.05, 3.63) is 0 Å². The maximum atomic E-state index is 12.1. The van der Waals surface area contributed by atoms with Gasteiger partial charge in [-0.2, -0.15) is 0 Å². The Balaban J connectivity index is 1.96. The molecule has 0 atom stereocenters. The van der Waals surface area contributed by atoms with E-state index in [9.17, 15) is 8.42 Å². The molecule has 0 radical (unpaired) electrons. The summed E-state index contributed by atoms with van der Waals surface area (Å²) in [5.41, 5.74) is 0.426. The molecule has 0 bridgehead atoms. The van der Waals surface area contributed by atoms with Crippen LogP contribution in [0.25, 0.3) is 0 Å². The minimum Gasteiger partial charge on any atom is -0.306 e. The lowest BCUT2D eigenvalue weighted by Crippen LogP contribution is -2.48. The maximum Gasteiger partial charge on any atom is 0.216 e. The van der Waals surface area contributed by atoms with Crippen LogP contribution in [0.5, 0.6) is 0 Å². The first-order chi connectivity index (χ1) is 8.36. The Morgan fingerprint density at radius 2 is 1.39 bits per heavy atom. The van der Waals surface area contributed by atoms with Gasteiger partial charge in [-0.1, -0.05) is 0 Å². The summed E-state index contributed by atoms with van der Waals surface area (Å²) in [7, 11) is -0.871. The molecule has 0 unspecified atom stereocenters. The quantitative estimate of drug-likeness (QED) is 0.767. The molecule has 0 aliphatic carbocycles. The van der Waals surface area contributed by atoms with Crippen LogP contribution in [0.3, 0.4) is 0 Å². The molecule has 2 saturated heterocycles. The van der Waals surface area contributed by atoms with Gasteiger partial charge in [0.05, 0.1) is 5.25 Å². The lowest BCUT2D eigenvalue weighted by atomic mass is 9.72. The summed E-state index contributed by atoms with van der Waals surface area (Å²) in [4.78, 5) is 2.38. The Hall–Kier alpha value is -0.130. The van der Waals surface area contributed by atoms with Crippen LogP contribution in [0, 0.1) is 5.41 Å². The summed E-state index contributed by atoms with van der Waals surface area (Å²) in [6.07, 6.45) is 4.57. The second kappa shape index (κ2) is 5.10. The third kappa shape index (κ3) is 2.73. The zero-order valence-corrected chi connectivity index (χ0v) is 12.7. The van der Waals surface area contributed by atoms with Crippen molar-refractivity contribution in [1.29, 1.82) is 0 Å². The van der Waals surface area contributed by atoms with Crippen LogP contribution in [0.2, 0.25) is 0 Å². The summed E-state index contributed by atoms with van der Waals surface area (Å²) >= 11 is 0. The van der Waals surface area contributed by atoms with Crippen LogP contribution in [0.15, 0.2) is 0 Å². The smallest absolute Gasteiger partial charge is 0.216 e. The van der Waals surface area contributed by atoms with E-state index in [2.05, 4.69) is 11.9 Å². The molecular formula is C13H26N2O2S. The minimum absolute atomic E-state index is 0.288. The van der Waals surface area contributed by atoms with Gasteiger partial charge in [0.2, 0.25) is 10.0 Å². The van der Waals surface area contributed by atoms with Crippen molar-refractivity contribution in [2.45, 2.75) is 44.8 Å². The Labute approximate surface area is 111 Å². The largest absolute Gasteiger partial charge is 0.306 e. The van der Waals surface area contributed by atoms with Crippen LogP contribution < -0.4 is 0 Å². The van der Waals surface area contributed by atoms with Gasteiger partial charge in [0, 0.05) is 13.1 Å². The molecule has 2 heterocycles. The number of hydrogen-bond acceptors (Lipinski definition) is 3. The monoisotopic (exact) mass is 274 g/mol. The van der Waals surface area contributed by atoms with Gasteiger partial charge in [0.1, 0.15) is 0 Å². The van der Waals surface area contributed by atoms with Gasteiger partial charge in [-0.15, -0.1) is 0 Å². The molecule has 5 heteroatoms. The normalized spacial score (nSPS) is 26.9. The van der Waals surface area contributed by atoms with E-state index in [1.54, 1.807) is 18.2 Å². The number of likely N-dealkylation sites (tertiary alicyclic amines) is 1. The van der Waals surface area contributed by atoms with Crippen LogP contribution in [-0.2, 0) is 10.0 Å². The fourth-order valence-corrected chi connectivity index (χ4v) is 4.39. The topological polar surface area (TPSA) is 40.6 Å². The lowest BCUT2D eigenvalue weighted by molar-refractivity contribution is 0.0668. The second-order valence-corrected chi connectivity index (χ2v) is 8.79. The number of rotatable bonds is 2. The average Bonchev–Trinajstić information content (AvgIpc) is 2.34. The highest BCUT2D eigenvalue weighted by molar-refractivity contribution is 7.89. The van der Waals surface area contributed by atoms with Gasteiger partial charge in [-0.25, -0.2) is 12.7 Å². The molecule has 1 spiro atoms. The van der Waals surface area contributed by atoms with E-state index in [1.807, 2.05) is 0 Å². The number of piperidine rings is 2. The first-order valence-corrected chi connectivity index (χ1v) is 8.54. The van der Waals surface area contributed by atoms with E-state index in [1.165, 1.54) is 12.8 Å². The first kappa shape index (κ1) is 14.3. The van der Waals surface area contributed by atoms with Crippen molar-refractivity contribution in [1.82, 2.24) is 9.21 Å².